The number of carbonyl (C=O) groups is 1. The Morgan fingerprint density at radius 3 is 2.56 bits per heavy atom. The Balaban J connectivity index is 1.71. The molecule has 0 saturated carbocycles. The molecule has 1 amide bonds. The first-order valence-corrected chi connectivity index (χ1v) is 12.6. The standard InChI is InChI=1S/C22H26N4O4S2/c1-25(2)32(28,29)16-8-10-19(26-11-5-4-6-12-26)17(14-16)21(27)24-22-23-18-9-7-15(30-3)13-20(18)31-22/h7-10,13-14H,4-6,11-12H2,1-3H3,(H,23,24,27). The zero-order chi connectivity index (χ0) is 22.9. The average molecular weight is 475 g/mol. The summed E-state index contributed by atoms with van der Waals surface area (Å²) in [6, 6.07) is 10.3. The molecule has 1 aromatic heterocycles. The number of hydrogen-bond acceptors (Lipinski definition) is 7. The Morgan fingerprint density at radius 1 is 1.12 bits per heavy atom. The lowest BCUT2D eigenvalue weighted by Crippen LogP contribution is -2.32. The van der Waals surface area contributed by atoms with Crippen LogP contribution in [0.2, 0.25) is 0 Å². The molecule has 0 bridgehead atoms. The van der Waals surface area contributed by atoms with Crippen molar-refractivity contribution in [2.24, 2.45) is 0 Å². The molecule has 4 rings (SSSR count). The molecule has 1 saturated heterocycles. The lowest BCUT2D eigenvalue weighted by atomic mass is 10.1. The van der Waals surface area contributed by atoms with E-state index in [9.17, 15) is 13.2 Å². The van der Waals surface area contributed by atoms with E-state index in [-0.39, 0.29) is 10.8 Å². The van der Waals surface area contributed by atoms with Gasteiger partial charge in [-0.3, -0.25) is 10.1 Å². The number of ether oxygens (including phenoxy) is 1. The van der Waals surface area contributed by atoms with Gasteiger partial charge in [-0.25, -0.2) is 17.7 Å². The van der Waals surface area contributed by atoms with Crippen molar-refractivity contribution in [3.63, 3.8) is 0 Å². The van der Waals surface area contributed by atoms with Crippen LogP contribution in [-0.2, 0) is 10.0 Å². The third-order valence-corrected chi connectivity index (χ3v) is 8.25. The predicted octanol–water partition coefficient (Wildman–Crippen LogP) is 3.80. The van der Waals surface area contributed by atoms with Crippen molar-refractivity contribution in [3.05, 3.63) is 42.0 Å². The summed E-state index contributed by atoms with van der Waals surface area (Å²) in [5, 5.41) is 3.31. The highest BCUT2D eigenvalue weighted by atomic mass is 32.2. The third kappa shape index (κ3) is 4.43. The molecular weight excluding hydrogens is 448 g/mol. The van der Waals surface area contributed by atoms with Crippen LogP contribution in [0.3, 0.4) is 0 Å². The molecule has 170 valence electrons. The van der Waals surface area contributed by atoms with Crippen LogP contribution >= 0.6 is 11.3 Å². The van der Waals surface area contributed by atoms with Crippen LogP contribution in [-0.4, -0.2) is 57.9 Å². The number of nitrogens with zero attached hydrogens (tertiary/aromatic N) is 3. The van der Waals surface area contributed by atoms with Gasteiger partial charge in [-0.15, -0.1) is 0 Å². The van der Waals surface area contributed by atoms with E-state index in [2.05, 4.69) is 15.2 Å². The van der Waals surface area contributed by atoms with Crippen LogP contribution in [0.4, 0.5) is 10.8 Å². The second kappa shape index (κ2) is 9.05. The van der Waals surface area contributed by atoms with E-state index in [4.69, 9.17) is 4.74 Å². The van der Waals surface area contributed by atoms with Gasteiger partial charge in [0.25, 0.3) is 5.91 Å². The SMILES string of the molecule is COc1ccc2nc(NC(=O)c3cc(S(=O)(=O)N(C)C)ccc3N3CCCCC3)sc2c1. The van der Waals surface area contributed by atoms with Crippen molar-refractivity contribution in [1.29, 1.82) is 0 Å². The molecule has 10 heteroatoms. The van der Waals surface area contributed by atoms with Gasteiger partial charge in [0.2, 0.25) is 10.0 Å². The van der Waals surface area contributed by atoms with Crippen LogP contribution in [0.15, 0.2) is 41.3 Å². The van der Waals surface area contributed by atoms with Crippen LogP contribution in [0.5, 0.6) is 5.75 Å². The van der Waals surface area contributed by atoms with Crippen molar-refractivity contribution >= 4 is 48.3 Å². The largest absolute Gasteiger partial charge is 0.497 e. The van der Waals surface area contributed by atoms with Gasteiger partial charge in [0, 0.05) is 32.9 Å². The number of sulfonamides is 1. The minimum absolute atomic E-state index is 0.0856. The molecule has 3 aromatic rings. The second-order valence-electron chi connectivity index (χ2n) is 7.82. The van der Waals surface area contributed by atoms with E-state index >= 15 is 0 Å². The summed E-state index contributed by atoms with van der Waals surface area (Å²) in [5.41, 5.74) is 1.82. The Labute approximate surface area is 191 Å². The monoisotopic (exact) mass is 474 g/mol. The number of hydrogen-bond donors (Lipinski definition) is 1. The van der Waals surface area contributed by atoms with Crippen LogP contribution in [0, 0.1) is 0 Å². The van der Waals surface area contributed by atoms with Gasteiger partial charge in [0.1, 0.15) is 5.75 Å². The maximum Gasteiger partial charge on any atom is 0.259 e. The van der Waals surface area contributed by atoms with Gasteiger partial charge in [-0.2, -0.15) is 0 Å². The fourth-order valence-corrected chi connectivity index (χ4v) is 5.55. The summed E-state index contributed by atoms with van der Waals surface area (Å²) in [4.78, 5) is 20.0. The molecule has 0 spiro atoms. The second-order valence-corrected chi connectivity index (χ2v) is 11.0. The lowest BCUT2D eigenvalue weighted by molar-refractivity contribution is 0.102. The molecule has 2 heterocycles. The summed E-state index contributed by atoms with van der Waals surface area (Å²) in [5.74, 6) is 0.334. The summed E-state index contributed by atoms with van der Waals surface area (Å²) in [6.45, 7) is 1.67. The van der Waals surface area contributed by atoms with Crippen molar-refractivity contribution in [2.45, 2.75) is 24.2 Å². The third-order valence-electron chi connectivity index (χ3n) is 5.50. The van der Waals surface area contributed by atoms with Gasteiger partial charge in [0.05, 0.1) is 27.8 Å². The molecule has 1 N–H and O–H groups in total. The smallest absolute Gasteiger partial charge is 0.259 e. The van der Waals surface area contributed by atoms with Gasteiger partial charge < -0.3 is 9.64 Å². The normalized spacial score (nSPS) is 14.7. The van der Waals surface area contributed by atoms with Gasteiger partial charge in [-0.1, -0.05) is 11.3 Å². The van der Waals surface area contributed by atoms with Crippen LogP contribution in [0.25, 0.3) is 10.2 Å². The zero-order valence-electron chi connectivity index (χ0n) is 18.3. The first kappa shape index (κ1) is 22.5. The highest BCUT2D eigenvalue weighted by molar-refractivity contribution is 7.89. The van der Waals surface area contributed by atoms with Crippen molar-refractivity contribution < 1.29 is 17.9 Å². The number of nitrogens with one attached hydrogen (secondary N) is 1. The van der Waals surface area contributed by atoms with Gasteiger partial charge >= 0.3 is 0 Å². The first-order valence-electron chi connectivity index (χ1n) is 10.4. The number of fused-ring (bicyclic) bond motifs is 1. The van der Waals surface area contributed by atoms with E-state index in [0.717, 1.165) is 52.6 Å². The molecule has 0 aliphatic carbocycles. The molecule has 0 radical (unpaired) electrons. The number of benzene rings is 2. The van der Waals surface area contributed by atoms with Crippen LogP contribution in [0.1, 0.15) is 29.6 Å². The number of amides is 1. The predicted molar refractivity (Wildman–Crippen MR) is 128 cm³/mol. The quantitative estimate of drug-likeness (QED) is 0.584. The Hall–Kier alpha value is -2.69. The van der Waals surface area contributed by atoms with Crippen LogP contribution < -0.4 is 15.0 Å². The zero-order valence-corrected chi connectivity index (χ0v) is 19.9. The maximum atomic E-state index is 13.3. The summed E-state index contributed by atoms with van der Waals surface area (Å²) >= 11 is 1.34. The van der Waals surface area contributed by atoms with E-state index in [1.807, 2.05) is 18.2 Å². The fourth-order valence-electron chi connectivity index (χ4n) is 3.73. The topological polar surface area (TPSA) is 91.8 Å². The Bertz CT molecular complexity index is 1250. The molecule has 0 unspecified atom stereocenters. The number of methoxy groups -OCH3 is 1. The molecular formula is C22H26N4O4S2. The van der Waals surface area contributed by atoms with Crippen molar-refractivity contribution in [1.82, 2.24) is 9.29 Å². The molecule has 1 fully saturated rings. The van der Waals surface area contributed by atoms with E-state index in [1.54, 1.807) is 19.2 Å². The summed E-state index contributed by atoms with van der Waals surface area (Å²) in [6.07, 6.45) is 3.23. The number of thiazole rings is 1. The van der Waals surface area contributed by atoms with E-state index in [1.165, 1.54) is 31.5 Å². The minimum Gasteiger partial charge on any atom is -0.497 e. The van der Waals surface area contributed by atoms with E-state index in [0.29, 0.717) is 16.4 Å². The van der Waals surface area contributed by atoms with Gasteiger partial charge in [0.15, 0.2) is 5.13 Å². The Morgan fingerprint density at radius 2 is 1.88 bits per heavy atom. The molecule has 1 aliphatic rings. The van der Waals surface area contributed by atoms with E-state index < -0.39 is 10.0 Å². The number of aromatic nitrogens is 1. The highest BCUT2D eigenvalue weighted by Crippen LogP contribution is 2.32. The number of rotatable bonds is 6. The molecule has 8 nitrogen and oxygen atoms in total. The molecule has 0 atom stereocenters. The summed E-state index contributed by atoms with van der Waals surface area (Å²) in [7, 11) is 0.876. The molecule has 2 aromatic carbocycles. The lowest BCUT2D eigenvalue weighted by Gasteiger charge is -2.30. The number of piperidine rings is 1. The highest BCUT2D eigenvalue weighted by Gasteiger charge is 2.24. The number of carbonyl (C=O) groups excluding carboxylic acids is 1. The maximum absolute atomic E-state index is 13.3. The van der Waals surface area contributed by atoms with Gasteiger partial charge in [-0.05, 0) is 55.7 Å². The Kier molecular flexibility index (Phi) is 6.36. The number of anilines is 2. The average Bonchev–Trinajstić information content (AvgIpc) is 3.20. The minimum atomic E-state index is -3.67. The summed E-state index contributed by atoms with van der Waals surface area (Å²) < 4.78 is 32.7. The van der Waals surface area contributed by atoms with Crippen molar-refractivity contribution in [3.8, 4) is 5.75 Å². The van der Waals surface area contributed by atoms with Crippen molar-refractivity contribution in [2.75, 3.05) is 44.5 Å². The molecule has 32 heavy (non-hydrogen) atoms. The fraction of sp³-hybridized carbons (Fsp3) is 0.364. The first-order chi connectivity index (χ1) is 15.3. The molecule has 1 aliphatic heterocycles.